The van der Waals surface area contributed by atoms with Crippen molar-refractivity contribution in [2.75, 3.05) is 12.0 Å². The molecule has 2 aromatic carbocycles. The SMILES string of the molecule is C=CC[C@@]1(C)C[C@H](c2cccc(Cl)c2)[C@@H](c2ccc(Cl)cc2)N(C(CC)CSC)C1=O. The lowest BCUT2D eigenvalue weighted by atomic mass is 9.67. The van der Waals surface area contributed by atoms with Crippen LogP contribution in [0, 0.1) is 5.41 Å². The molecule has 3 rings (SSSR count). The standard InChI is InChI=1S/C26H31Cl2NOS/c1-5-14-26(3)16-23(19-8-7-9-21(28)15-19)24(18-10-12-20(27)13-11-18)29(25(26)30)22(6-2)17-31-4/h5,7-13,15,22-24H,1,6,14,16-17H2,2-4H3/t22?,23-,24-,26+/m1/s1. The summed E-state index contributed by atoms with van der Waals surface area (Å²) in [5.74, 6) is 1.24. The first-order valence-corrected chi connectivity index (χ1v) is 12.9. The zero-order valence-corrected chi connectivity index (χ0v) is 20.8. The van der Waals surface area contributed by atoms with Crippen LogP contribution in [0.15, 0.2) is 61.2 Å². The van der Waals surface area contributed by atoms with Crippen molar-refractivity contribution in [3.05, 3.63) is 82.4 Å². The first-order chi connectivity index (χ1) is 14.8. The van der Waals surface area contributed by atoms with E-state index in [0.29, 0.717) is 11.4 Å². The average Bonchev–Trinajstić information content (AvgIpc) is 2.75. The fraction of sp³-hybridized carbons (Fsp3) is 0.423. The highest BCUT2D eigenvalue weighted by Crippen LogP contribution is 2.52. The lowest BCUT2D eigenvalue weighted by Gasteiger charge is -2.52. The summed E-state index contributed by atoms with van der Waals surface area (Å²) < 4.78 is 0. The number of halogens is 2. The van der Waals surface area contributed by atoms with Crippen molar-refractivity contribution in [3.63, 3.8) is 0 Å². The molecule has 0 saturated carbocycles. The molecule has 0 aromatic heterocycles. The van der Waals surface area contributed by atoms with Crippen LogP contribution in [0.5, 0.6) is 0 Å². The zero-order chi connectivity index (χ0) is 22.6. The van der Waals surface area contributed by atoms with Crippen LogP contribution in [-0.2, 0) is 4.79 Å². The molecule has 1 unspecified atom stereocenters. The van der Waals surface area contributed by atoms with Gasteiger partial charge in [0.2, 0.25) is 5.91 Å². The molecule has 0 aliphatic carbocycles. The van der Waals surface area contributed by atoms with E-state index in [1.807, 2.05) is 36.4 Å². The van der Waals surface area contributed by atoms with E-state index in [9.17, 15) is 4.79 Å². The van der Waals surface area contributed by atoms with Gasteiger partial charge in [-0.15, -0.1) is 6.58 Å². The summed E-state index contributed by atoms with van der Waals surface area (Å²) in [6.45, 7) is 8.21. The molecule has 166 valence electrons. The molecular formula is C26H31Cl2NOS. The van der Waals surface area contributed by atoms with E-state index in [4.69, 9.17) is 23.2 Å². The number of likely N-dealkylation sites (tertiary alicyclic amines) is 1. The van der Waals surface area contributed by atoms with E-state index < -0.39 is 5.41 Å². The number of benzene rings is 2. The second kappa shape index (κ2) is 10.5. The number of thioether (sulfide) groups is 1. The number of nitrogens with zero attached hydrogens (tertiary/aromatic N) is 1. The molecule has 4 atom stereocenters. The lowest BCUT2D eigenvalue weighted by Crippen LogP contribution is -2.56. The van der Waals surface area contributed by atoms with E-state index in [-0.39, 0.29) is 23.9 Å². The molecule has 1 fully saturated rings. The number of piperidine rings is 1. The van der Waals surface area contributed by atoms with Crippen molar-refractivity contribution in [1.82, 2.24) is 4.90 Å². The maximum Gasteiger partial charge on any atom is 0.229 e. The fourth-order valence-corrected chi connectivity index (χ4v) is 5.98. The summed E-state index contributed by atoms with van der Waals surface area (Å²) in [6.07, 6.45) is 6.29. The highest BCUT2D eigenvalue weighted by atomic mass is 35.5. The summed E-state index contributed by atoms with van der Waals surface area (Å²) in [5, 5.41) is 1.42. The molecule has 1 saturated heterocycles. The van der Waals surface area contributed by atoms with Crippen molar-refractivity contribution >= 4 is 40.9 Å². The summed E-state index contributed by atoms with van der Waals surface area (Å²) in [5.41, 5.74) is 1.78. The Bertz CT molecular complexity index is 916. The molecular weight excluding hydrogens is 445 g/mol. The van der Waals surface area contributed by atoms with Crippen LogP contribution in [0.25, 0.3) is 0 Å². The minimum Gasteiger partial charge on any atom is -0.331 e. The summed E-state index contributed by atoms with van der Waals surface area (Å²) in [4.78, 5) is 16.2. The van der Waals surface area contributed by atoms with E-state index in [0.717, 1.165) is 29.2 Å². The second-order valence-electron chi connectivity index (χ2n) is 8.65. The second-order valence-corrected chi connectivity index (χ2v) is 10.4. The summed E-state index contributed by atoms with van der Waals surface area (Å²) in [7, 11) is 0. The largest absolute Gasteiger partial charge is 0.331 e. The third kappa shape index (κ3) is 5.16. The van der Waals surface area contributed by atoms with Gasteiger partial charge < -0.3 is 4.90 Å². The van der Waals surface area contributed by atoms with Crippen LogP contribution in [-0.4, -0.2) is 28.9 Å². The van der Waals surface area contributed by atoms with E-state index in [1.54, 1.807) is 11.8 Å². The molecule has 2 nitrogen and oxygen atoms in total. The first-order valence-electron chi connectivity index (χ1n) is 10.8. The van der Waals surface area contributed by atoms with Gasteiger partial charge in [-0.25, -0.2) is 0 Å². The predicted octanol–water partition coefficient (Wildman–Crippen LogP) is 7.77. The number of hydrogen-bond donors (Lipinski definition) is 0. The Balaban J connectivity index is 2.21. The number of allylic oxidation sites excluding steroid dienone is 1. The van der Waals surface area contributed by atoms with E-state index in [1.165, 1.54) is 5.56 Å². The van der Waals surface area contributed by atoms with Gasteiger partial charge in [0, 0.05) is 27.8 Å². The van der Waals surface area contributed by atoms with Crippen LogP contribution in [0.1, 0.15) is 56.2 Å². The molecule has 1 amide bonds. The molecule has 1 aliphatic rings. The monoisotopic (exact) mass is 475 g/mol. The number of rotatable bonds is 8. The van der Waals surface area contributed by atoms with Gasteiger partial charge in [0.25, 0.3) is 0 Å². The molecule has 1 heterocycles. The van der Waals surface area contributed by atoms with Crippen LogP contribution >= 0.6 is 35.0 Å². The van der Waals surface area contributed by atoms with Gasteiger partial charge in [0.15, 0.2) is 0 Å². The summed E-state index contributed by atoms with van der Waals surface area (Å²) >= 11 is 14.4. The Labute approximate surface area is 201 Å². The van der Waals surface area contributed by atoms with Crippen LogP contribution < -0.4 is 0 Å². The van der Waals surface area contributed by atoms with E-state index in [2.05, 4.69) is 49.8 Å². The van der Waals surface area contributed by atoms with E-state index >= 15 is 0 Å². The van der Waals surface area contributed by atoms with Crippen LogP contribution in [0.4, 0.5) is 0 Å². The van der Waals surface area contributed by atoms with Gasteiger partial charge in [-0.3, -0.25) is 4.79 Å². The van der Waals surface area contributed by atoms with Crippen molar-refractivity contribution in [2.45, 2.75) is 51.1 Å². The topological polar surface area (TPSA) is 20.3 Å². The Morgan fingerprint density at radius 2 is 1.90 bits per heavy atom. The highest BCUT2D eigenvalue weighted by Gasteiger charge is 2.50. The smallest absolute Gasteiger partial charge is 0.229 e. The Hall–Kier alpha value is -1.42. The number of amides is 1. The first kappa shape index (κ1) is 24.2. The Morgan fingerprint density at radius 3 is 2.48 bits per heavy atom. The van der Waals surface area contributed by atoms with Gasteiger partial charge in [-0.05, 0) is 60.9 Å². The van der Waals surface area contributed by atoms with Crippen LogP contribution in [0.2, 0.25) is 10.0 Å². The molecule has 1 aliphatic heterocycles. The average molecular weight is 477 g/mol. The quantitative estimate of drug-likeness (QED) is 0.363. The van der Waals surface area contributed by atoms with Gasteiger partial charge >= 0.3 is 0 Å². The van der Waals surface area contributed by atoms with Gasteiger partial charge in [0.05, 0.1) is 11.5 Å². The van der Waals surface area contributed by atoms with Crippen molar-refractivity contribution in [1.29, 1.82) is 0 Å². The number of carbonyl (C=O) groups excluding carboxylic acids is 1. The van der Waals surface area contributed by atoms with Crippen molar-refractivity contribution in [2.24, 2.45) is 5.41 Å². The maximum atomic E-state index is 14.0. The van der Waals surface area contributed by atoms with Gasteiger partial charge in [-0.1, -0.05) is 67.4 Å². The van der Waals surface area contributed by atoms with Crippen LogP contribution in [0.3, 0.4) is 0 Å². The normalized spacial score (nSPS) is 24.8. The molecule has 0 N–H and O–H groups in total. The Morgan fingerprint density at radius 1 is 1.19 bits per heavy atom. The number of hydrogen-bond acceptors (Lipinski definition) is 2. The zero-order valence-electron chi connectivity index (χ0n) is 18.5. The fourth-order valence-electron chi connectivity index (χ4n) is 4.88. The molecule has 2 aromatic rings. The third-order valence-electron chi connectivity index (χ3n) is 6.41. The number of carbonyl (C=O) groups is 1. The Kier molecular flexibility index (Phi) is 8.18. The van der Waals surface area contributed by atoms with Crippen molar-refractivity contribution in [3.8, 4) is 0 Å². The minimum absolute atomic E-state index is 0.0711. The minimum atomic E-state index is -0.497. The molecule has 5 heteroatoms. The van der Waals surface area contributed by atoms with Gasteiger partial charge in [-0.2, -0.15) is 11.8 Å². The highest BCUT2D eigenvalue weighted by molar-refractivity contribution is 7.98. The third-order valence-corrected chi connectivity index (χ3v) is 7.61. The maximum absolute atomic E-state index is 14.0. The molecule has 31 heavy (non-hydrogen) atoms. The lowest BCUT2D eigenvalue weighted by molar-refractivity contribution is -0.153. The molecule has 0 bridgehead atoms. The summed E-state index contributed by atoms with van der Waals surface area (Å²) in [6, 6.07) is 16.1. The predicted molar refractivity (Wildman–Crippen MR) is 135 cm³/mol. The van der Waals surface area contributed by atoms with Gasteiger partial charge in [0.1, 0.15) is 0 Å². The molecule has 0 spiro atoms. The molecule has 0 radical (unpaired) electrons. The van der Waals surface area contributed by atoms with Crippen molar-refractivity contribution < 1.29 is 4.79 Å².